The Morgan fingerprint density at radius 3 is 2.06 bits per heavy atom. The van der Waals surface area contributed by atoms with Gasteiger partial charge in [0.25, 0.3) is 0 Å². The number of rotatable bonds is 4. The normalized spacial score (nSPS) is 9.94. The van der Waals surface area contributed by atoms with E-state index < -0.39 is 0 Å². The number of methoxy groups -OCH3 is 1. The summed E-state index contributed by atoms with van der Waals surface area (Å²) in [5.74, 6) is 1.66. The Labute approximate surface area is 101 Å². The molecule has 0 saturated carbocycles. The Kier molecular flexibility index (Phi) is 3.50. The third kappa shape index (κ3) is 3.14. The molecule has 0 aromatic heterocycles. The van der Waals surface area contributed by atoms with Gasteiger partial charge in [-0.2, -0.15) is 0 Å². The maximum Gasteiger partial charge on any atom is 0.119 e. The van der Waals surface area contributed by atoms with Crippen molar-refractivity contribution in [3.8, 4) is 11.5 Å². The largest absolute Gasteiger partial charge is 0.497 e. The van der Waals surface area contributed by atoms with E-state index in [0.29, 0.717) is 6.61 Å². The lowest BCUT2D eigenvalue weighted by Crippen LogP contribution is -1.95. The van der Waals surface area contributed by atoms with Gasteiger partial charge in [0.05, 0.1) is 7.11 Å². The molecule has 2 aromatic rings. The number of hydrogen-bond acceptors (Lipinski definition) is 3. The highest BCUT2D eigenvalue weighted by atomic mass is 16.5. The highest BCUT2D eigenvalue weighted by Gasteiger charge is 1.97. The van der Waals surface area contributed by atoms with E-state index in [1.165, 1.54) is 0 Å². The van der Waals surface area contributed by atoms with E-state index in [1.807, 2.05) is 48.5 Å². The number of nitrogen functional groups attached to an aromatic ring is 1. The minimum Gasteiger partial charge on any atom is -0.497 e. The van der Waals surface area contributed by atoms with Crippen molar-refractivity contribution >= 4 is 5.69 Å². The van der Waals surface area contributed by atoms with Gasteiger partial charge in [-0.3, -0.25) is 0 Å². The average molecular weight is 229 g/mol. The number of anilines is 1. The van der Waals surface area contributed by atoms with Crippen LogP contribution in [0.15, 0.2) is 48.5 Å². The second kappa shape index (κ2) is 5.25. The topological polar surface area (TPSA) is 44.5 Å². The molecule has 2 N–H and O–H groups in total. The molecular formula is C14H15NO2. The van der Waals surface area contributed by atoms with Crippen molar-refractivity contribution in [1.29, 1.82) is 0 Å². The molecule has 3 heteroatoms. The molecular weight excluding hydrogens is 214 g/mol. The lowest BCUT2D eigenvalue weighted by atomic mass is 10.2. The van der Waals surface area contributed by atoms with E-state index in [1.54, 1.807) is 7.11 Å². The first-order valence-electron chi connectivity index (χ1n) is 5.39. The molecule has 17 heavy (non-hydrogen) atoms. The summed E-state index contributed by atoms with van der Waals surface area (Å²) in [6.07, 6.45) is 0. The predicted octanol–water partition coefficient (Wildman–Crippen LogP) is 2.86. The summed E-state index contributed by atoms with van der Waals surface area (Å²) in [5.41, 5.74) is 7.43. The summed E-state index contributed by atoms with van der Waals surface area (Å²) in [6.45, 7) is 0.536. The van der Waals surface area contributed by atoms with Crippen LogP contribution in [0.4, 0.5) is 5.69 Å². The standard InChI is InChI=1S/C14H15NO2/c1-16-13-6-2-11(3-7-13)10-17-14-8-4-12(15)5-9-14/h2-9H,10,15H2,1H3. The SMILES string of the molecule is COc1ccc(COc2ccc(N)cc2)cc1. The molecule has 0 aliphatic rings. The summed E-state index contributed by atoms with van der Waals surface area (Å²) in [5, 5.41) is 0. The van der Waals surface area contributed by atoms with Crippen LogP contribution in [0, 0.1) is 0 Å². The maximum atomic E-state index is 5.62. The molecule has 0 heterocycles. The average Bonchev–Trinajstić information content (AvgIpc) is 2.39. The van der Waals surface area contributed by atoms with E-state index in [9.17, 15) is 0 Å². The molecule has 0 spiro atoms. The zero-order chi connectivity index (χ0) is 12.1. The predicted molar refractivity (Wildman–Crippen MR) is 68.2 cm³/mol. The fourth-order valence-corrected chi connectivity index (χ4v) is 1.45. The van der Waals surface area contributed by atoms with Gasteiger partial charge in [0.2, 0.25) is 0 Å². The first-order chi connectivity index (χ1) is 8.28. The van der Waals surface area contributed by atoms with Crippen LogP contribution in [0.1, 0.15) is 5.56 Å². The van der Waals surface area contributed by atoms with Gasteiger partial charge in [0, 0.05) is 5.69 Å². The highest BCUT2D eigenvalue weighted by molar-refractivity contribution is 5.41. The van der Waals surface area contributed by atoms with Crippen molar-refractivity contribution in [3.63, 3.8) is 0 Å². The summed E-state index contributed by atoms with van der Waals surface area (Å²) < 4.78 is 10.7. The number of benzene rings is 2. The van der Waals surface area contributed by atoms with E-state index in [2.05, 4.69) is 0 Å². The van der Waals surface area contributed by atoms with Gasteiger partial charge in [-0.05, 0) is 42.0 Å². The fourth-order valence-electron chi connectivity index (χ4n) is 1.45. The van der Waals surface area contributed by atoms with Crippen LogP contribution in [0.2, 0.25) is 0 Å². The second-order valence-corrected chi connectivity index (χ2v) is 3.71. The quantitative estimate of drug-likeness (QED) is 0.820. The second-order valence-electron chi connectivity index (χ2n) is 3.71. The molecule has 0 unspecified atom stereocenters. The van der Waals surface area contributed by atoms with Crippen molar-refractivity contribution in [2.75, 3.05) is 12.8 Å². The number of hydrogen-bond donors (Lipinski definition) is 1. The first-order valence-corrected chi connectivity index (χ1v) is 5.39. The van der Waals surface area contributed by atoms with Gasteiger partial charge in [0.15, 0.2) is 0 Å². The van der Waals surface area contributed by atoms with Crippen molar-refractivity contribution in [3.05, 3.63) is 54.1 Å². The lowest BCUT2D eigenvalue weighted by Gasteiger charge is -2.07. The molecule has 0 fully saturated rings. The van der Waals surface area contributed by atoms with Crippen molar-refractivity contribution in [1.82, 2.24) is 0 Å². The molecule has 0 bridgehead atoms. The smallest absolute Gasteiger partial charge is 0.119 e. The third-order valence-electron chi connectivity index (χ3n) is 2.44. The molecule has 0 amide bonds. The van der Waals surface area contributed by atoms with E-state index in [0.717, 1.165) is 22.7 Å². The van der Waals surface area contributed by atoms with E-state index in [-0.39, 0.29) is 0 Å². The minimum atomic E-state index is 0.536. The molecule has 3 nitrogen and oxygen atoms in total. The monoisotopic (exact) mass is 229 g/mol. The van der Waals surface area contributed by atoms with Crippen molar-refractivity contribution in [2.45, 2.75) is 6.61 Å². The maximum absolute atomic E-state index is 5.62. The fraction of sp³-hybridized carbons (Fsp3) is 0.143. The van der Waals surface area contributed by atoms with Gasteiger partial charge in [-0.1, -0.05) is 12.1 Å². The summed E-state index contributed by atoms with van der Waals surface area (Å²) in [6, 6.07) is 15.2. The van der Waals surface area contributed by atoms with Crippen molar-refractivity contribution < 1.29 is 9.47 Å². The Balaban J connectivity index is 1.95. The lowest BCUT2D eigenvalue weighted by molar-refractivity contribution is 0.306. The highest BCUT2D eigenvalue weighted by Crippen LogP contribution is 2.16. The van der Waals surface area contributed by atoms with Crippen LogP contribution in [0.5, 0.6) is 11.5 Å². The molecule has 0 atom stereocenters. The van der Waals surface area contributed by atoms with Gasteiger partial charge >= 0.3 is 0 Å². The molecule has 88 valence electrons. The number of ether oxygens (including phenoxy) is 2. The third-order valence-corrected chi connectivity index (χ3v) is 2.44. The van der Waals surface area contributed by atoms with Gasteiger partial charge in [-0.15, -0.1) is 0 Å². The van der Waals surface area contributed by atoms with Gasteiger partial charge in [0.1, 0.15) is 18.1 Å². The molecule has 0 aliphatic carbocycles. The molecule has 2 aromatic carbocycles. The Hall–Kier alpha value is -2.16. The Bertz CT molecular complexity index is 463. The Morgan fingerprint density at radius 1 is 0.882 bits per heavy atom. The van der Waals surface area contributed by atoms with Crippen LogP contribution < -0.4 is 15.2 Å². The molecule has 2 rings (SSSR count). The molecule has 0 saturated heterocycles. The van der Waals surface area contributed by atoms with Crippen LogP contribution in [0.3, 0.4) is 0 Å². The number of nitrogens with two attached hydrogens (primary N) is 1. The summed E-state index contributed by atoms with van der Waals surface area (Å²) in [4.78, 5) is 0. The molecule has 0 radical (unpaired) electrons. The van der Waals surface area contributed by atoms with Crippen molar-refractivity contribution in [2.24, 2.45) is 0 Å². The van der Waals surface area contributed by atoms with E-state index >= 15 is 0 Å². The first kappa shape index (κ1) is 11.3. The molecule has 0 aliphatic heterocycles. The Morgan fingerprint density at radius 2 is 1.47 bits per heavy atom. The summed E-state index contributed by atoms with van der Waals surface area (Å²) >= 11 is 0. The zero-order valence-electron chi connectivity index (χ0n) is 9.72. The van der Waals surface area contributed by atoms with Crippen LogP contribution in [-0.2, 0) is 6.61 Å². The zero-order valence-corrected chi connectivity index (χ0v) is 9.72. The minimum absolute atomic E-state index is 0.536. The summed E-state index contributed by atoms with van der Waals surface area (Å²) in [7, 11) is 1.65. The van der Waals surface area contributed by atoms with E-state index in [4.69, 9.17) is 15.2 Å². The van der Waals surface area contributed by atoms with Crippen LogP contribution in [0.25, 0.3) is 0 Å². The van der Waals surface area contributed by atoms with Crippen LogP contribution in [-0.4, -0.2) is 7.11 Å². The van der Waals surface area contributed by atoms with Crippen LogP contribution >= 0.6 is 0 Å². The van der Waals surface area contributed by atoms with Gasteiger partial charge in [-0.25, -0.2) is 0 Å². The van der Waals surface area contributed by atoms with Gasteiger partial charge < -0.3 is 15.2 Å².